The maximum absolute atomic E-state index is 13.0. The smallest absolute Gasteiger partial charge is 0.408 e. The summed E-state index contributed by atoms with van der Waals surface area (Å²) in [6.45, 7) is 0.119. The highest BCUT2D eigenvalue weighted by atomic mass is 16.4. The quantitative estimate of drug-likeness (QED) is 0.396. The van der Waals surface area contributed by atoms with E-state index in [4.69, 9.17) is 4.42 Å². The number of amides is 2. The molecular weight excluding hydrogens is 432 g/mol. The number of para-hydroxylation sites is 3. The molecule has 0 fully saturated rings. The van der Waals surface area contributed by atoms with Gasteiger partial charge in [-0.25, -0.2) is 9.78 Å². The third kappa shape index (κ3) is 4.16. The number of fused-ring (bicyclic) bond motifs is 2. The molecule has 0 aliphatic carbocycles. The van der Waals surface area contributed by atoms with Gasteiger partial charge in [-0.3, -0.25) is 25.0 Å². The summed E-state index contributed by atoms with van der Waals surface area (Å²) in [6, 6.07) is 25.6. The van der Waals surface area contributed by atoms with E-state index in [0.29, 0.717) is 33.3 Å². The molecule has 0 atom stereocenters. The number of pyridine rings is 1. The van der Waals surface area contributed by atoms with E-state index in [-0.39, 0.29) is 13.0 Å². The standard InChI is InChI=1S/C26H20N4O4/c31-24(14-15-30-22-12-6-7-13-23(22)34-26(30)33)28-29-25(32)19-16-21(17-8-2-1-3-9-17)27-20-11-5-4-10-18(19)20/h1-13,16H,14-15H2,(H,28,31)(H,29,32). The van der Waals surface area contributed by atoms with Crippen LogP contribution in [-0.4, -0.2) is 21.4 Å². The Kier molecular flexibility index (Phi) is 5.61. The van der Waals surface area contributed by atoms with Crippen LogP contribution in [0.15, 0.2) is 94.1 Å². The number of rotatable bonds is 5. The summed E-state index contributed by atoms with van der Waals surface area (Å²) >= 11 is 0. The monoisotopic (exact) mass is 452 g/mol. The number of nitrogens with zero attached hydrogens (tertiary/aromatic N) is 2. The van der Waals surface area contributed by atoms with Gasteiger partial charge in [0, 0.05) is 23.9 Å². The summed E-state index contributed by atoms with van der Waals surface area (Å²) in [7, 11) is 0. The van der Waals surface area contributed by atoms with Gasteiger partial charge < -0.3 is 4.42 Å². The summed E-state index contributed by atoms with van der Waals surface area (Å²) in [5, 5.41) is 0.672. The molecule has 0 saturated carbocycles. The molecule has 0 spiro atoms. The van der Waals surface area contributed by atoms with Gasteiger partial charge in [0.1, 0.15) is 0 Å². The van der Waals surface area contributed by atoms with E-state index in [1.54, 1.807) is 30.3 Å². The van der Waals surface area contributed by atoms with Crippen LogP contribution < -0.4 is 16.6 Å². The second-order valence-corrected chi connectivity index (χ2v) is 7.68. The molecule has 2 aromatic heterocycles. The molecular formula is C26H20N4O4. The number of aromatic nitrogens is 2. The predicted molar refractivity (Wildman–Crippen MR) is 128 cm³/mol. The zero-order chi connectivity index (χ0) is 23.5. The minimum Gasteiger partial charge on any atom is -0.408 e. The fourth-order valence-electron chi connectivity index (χ4n) is 3.82. The van der Waals surface area contributed by atoms with E-state index >= 15 is 0 Å². The van der Waals surface area contributed by atoms with Crippen molar-refractivity contribution in [2.45, 2.75) is 13.0 Å². The van der Waals surface area contributed by atoms with Gasteiger partial charge >= 0.3 is 5.76 Å². The summed E-state index contributed by atoms with van der Waals surface area (Å²) in [5.74, 6) is -1.43. The molecule has 5 rings (SSSR count). The third-order valence-electron chi connectivity index (χ3n) is 5.48. The molecule has 0 unspecified atom stereocenters. The second kappa shape index (κ2) is 9.03. The van der Waals surface area contributed by atoms with E-state index in [2.05, 4.69) is 15.8 Å². The van der Waals surface area contributed by atoms with Crippen LogP contribution in [0.25, 0.3) is 33.3 Å². The normalized spacial score (nSPS) is 10.9. The van der Waals surface area contributed by atoms with Crippen molar-refractivity contribution in [3.05, 3.63) is 101 Å². The number of benzene rings is 3. The molecule has 2 heterocycles. The summed E-state index contributed by atoms with van der Waals surface area (Å²) < 4.78 is 6.56. The van der Waals surface area contributed by atoms with Crippen LogP contribution in [0.2, 0.25) is 0 Å². The van der Waals surface area contributed by atoms with Crippen LogP contribution in [0.1, 0.15) is 16.8 Å². The molecule has 0 saturated heterocycles. The van der Waals surface area contributed by atoms with Gasteiger partial charge in [-0.15, -0.1) is 0 Å². The molecule has 2 amide bonds. The minimum absolute atomic E-state index is 0.0178. The Balaban J connectivity index is 1.31. The lowest BCUT2D eigenvalue weighted by Gasteiger charge is -2.11. The first-order valence-electron chi connectivity index (χ1n) is 10.7. The van der Waals surface area contributed by atoms with E-state index in [0.717, 1.165) is 5.56 Å². The van der Waals surface area contributed by atoms with Crippen LogP contribution >= 0.6 is 0 Å². The van der Waals surface area contributed by atoms with Crippen molar-refractivity contribution in [1.29, 1.82) is 0 Å². The molecule has 0 aliphatic rings. The number of hydrazine groups is 1. The Bertz CT molecular complexity index is 1570. The average molecular weight is 452 g/mol. The van der Waals surface area contributed by atoms with E-state index in [1.165, 1.54) is 4.57 Å². The molecule has 3 aromatic carbocycles. The largest absolute Gasteiger partial charge is 0.419 e. The first-order chi connectivity index (χ1) is 16.6. The summed E-state index contributed by atoms with van der Waals surface area (Å²) in [5.41, 5.74) is 8.57. The van der Waals surface area contributed by atoms with Gasteiger partial charge in [-0.2, -0.15) is 0 Å². The second-order valence-electron chi connectivity index (χ2n) is 7.68. The van der Waals surface area contributed by atoms with Crippen molar-refractivity contribution >= 4 is 33.8 Å². The zero-order valence-corrected chi connectivity index (χ0v) is 18.0. The van der Waals surface area contributed by atoms with Gasteiger partial charge in [0.2, 0.25) is 5.91 Å². The van der Waals surface area contributed by atoms with Crippen molar-refractivity contribution < 1.29 is 14.0 Å². The lowest BCUT2D eigenvalue weighted by atomic mass is 10.0. The molecule has 0 aliphatic heterocycles. The number of hydrogen-bond donors (Lipinski definition) is 2. The van der Waals surface area contributed by atoms with Gasteiger partial charge in [-0.1, -0.05) is 60.7 Å². The van der Waals surface area contributed by atoms with Gasteiger partial charge in [0.25, 0.3) is 5.91 Å². The molecule has 168 valence electrons. The number of hydrogen-bond acceptors (Lipinski definition) is 5. The first-order valence-corrected chi connectivity index (χ1v) is 10.7. The van der Waals surface area contributed by atoms with Crippen LogP contribution in [0.4, 0.5) is 0 Å². The fourth-order valence-corrected chi connectivity index (χ4v) is 3.82. The number of oxazole rings is 1. The molecule has 0 bridgehead atoms. The van der Waals surface area contributed by atoms with Crippen LogP contribution in [0.5, 0.6) is 0 Å². The Labute approximate surface area is 193 Å². The highest BCUT2D eigenvalue weighted by Crippen LogP contribution is 2.24. The molecule has 8 heteroatoms. The number of carbonyl (C=O) groups is 2. The van der Waals surface area contributed by atoms with E-state index in [1.807, 2.05) is 54.6 Å². The number of nitrogens with one attached hydrogen (secondary N) is 2. The molecule has 8 nitrogen and oxygen atoms in total. The van der Waals surface area contributed by atoms with Gasteiger partial charge in [0.05, 0.1) is 22.3 Å². The Morgan fingerprint density at radius 2 is 1.62 bits per heavy atom. The zero-order valence-electron chi connectivity index (χ0n) is 18.0. The van der Waals surface area contributed by atoms with E-state index in [9.17, 15) is 14.4 Å². The SMILES string of the molecule is O=C(CCn1c(=O)oc2ccccc21)NNC(=O)c1cc(-c2ccccc2)nc2ccccc12. The van der Waals surface area contributed by atoms with Crippen LogP contribution in [0, 0.1) is 0 Å². The van der Waals surface area contributed by atoms with Crippen molar-refractivity contribution in [2.75, 3.05) is 0 Å². The third-order valence-corrected chi connectivity index (χ3v) is 5.48. The summed E-state index contributed by atoms with van der Waals surface area (Å²) in [4.78, 5) is 42.1. The Morgan fingerprint density at radius 1 is 0.882 bits per heavy atom. The van der Waals surface area contributed by atoms with Gasteiger partial charge in [-0.05, 0) is 24.3 Å². The fraction of sp³-hybridized carbons (Fsp3) is 0.0769. The van der Waals surface area contributed by atoms with Crippen molar-refractivity contribution in [3.8, 4) is 11.3 Å². The first kappa shape index (κ1) is 21.1. The Morgan fingerprint density at radius 3 is 2.47 bits per heavy atom. The molecule has 5 aromatic rings. The highest BCUT2D eigenvalue weighted by molar-refractivity contribution is 6.07. The topological polar surface area (TPSA) is 106 Å². The average Bonchev–Trinajstić information content (AvgIpc) is 3.20. The predicted octanol–water partition coefficient (Wildman–Crippen LogP) is 3.66. The molecule has 0 radical (unpaired) electrons. The Hall–Kier alpha value is -4.72. The maximum atomic E-state index is 13.0. The van der Waals surface area contributed by atoms with Crippen molar-refractivity contribution in [2.24, 2.45) is 0 Å². The van der Waals surface area contributed by atoms with Crippen LogP contribution in [-0.2, 0) is 11.3 Å². The maximum Gasteiger partial charge on any atom is 0.419 e. The van der Waals surface area contributed by atoms with Crippen molar-refractivity contribution in [1.82, 2.24) is 20.4 Å². The molecule has 34 heavy (non-hydrogen) atoms. The van der Waals surface area contributed by atoms with Crippen LogP contribution in [0.3, 0.4) is 0 Å². The lowest BCUT2D eigenvalue weighted by Crippen LogP contribution is -2.42. The number of aryl methyl sites for hydroxylation is 1. The molecule has 2 N–H and O–H groups in total. The van der Waals surface area contributed by atoms with Gasteiger partial charge in [0.15, 0.2) is 5.58 Å². The summed E-state index contributed by atoms with van der Waals surface area (Å²) in [6.07, 6.45) is -0.0178. The lowest BCUT2D eigenvalue weighted by molar-refractivity contribution is -0.122. The highest BCUT2D eigenvalue weighted by Gasteiger charge is 2.15. The number of carbonyl (C=O) groups excluding carboxylic acids is 2. The minimum atomic E-state index is -0.533. The van der Waals surface area contributed by atoms with Crippen molar-refractivity contribution in [3.63, 3.8) is 0 Å². The van der Waals surface area contributed by atoms with E-state index < -0.39 is 17.6 Å².